The van der Waals surface area contributed by atoms with Gasteiger partial charge in [0, 0.05) is 24.5 Å². The average molecular weight is 336 g/mol. The van der Waals surface area contributed by atoms with Crippen molar-refractivity contribution < 1.29 is 0 Å². The van der Waals surface area contributed by atoms with Gasteiger partial charge in [-0.2, -0.15) is 0 Å². The Morgan fingerprint density at radius 1 is 1.08 bits per heavy atom. The summed E-state index contributed by atoms with van der Waals surface area (Å²) in [7, 11) is 2.09. The fourth-order valence-electron chi connectivity index (χ4n) is 3.29. The first-order valence-electron chi connectivity index (χ1n) is 8.02. The molecule has 1 aliphatic heterocycles. The highest BCUT2D eigenvalue weighted by Crippen LogP contribution is 2.36. The molecule has 0 fully saturated rings. The van der Waals surface area contributed by atoms with Gasteiger partial charge in [-0.15, -0.1) is 11.3 Å². The van der Waals surface area contributed by atoms with Crippen molar-refractivity contribution in [1.29, 1.82) is 0 Å². The topological polar surface area (TPSA) is 40.5 Å². The monoisotopic (exact) mass is 336 g/mol. The number of rotatable bonds is 2. The summed E-state index contributed by atoms with van der Waals surface area (Å²) in [4.78, 5) is 11.5. The van der Waals surface area contributed by atoms with E-state index in [1.807, 2.05) is 6.21 Å². The van der Waals surface area contributed by atoms with Gasteiger partial charge in [-0.05, 0) is 56.2 Å². The van der Waals surface area contributed by atoms with Crippen molar-refractivity contribution in [2.45, 2.75) is 27.1 Å². The average Bonchev–Trinajstić information content (AvgIpc) is 2.89. The van der Waals surface area contributed by atoms with E-state index in [4.69, 9.17) is 4.99 Å². The van der Waals surface area contributed by atoms with Crippen LogP contribution in [-0.4, -0.2) is 24.5 Å². The smallest absolute Gasteiger partial charge is 0.196 e. The summed E-state index contributed by atoms with van der Waals surface area (Å²) in [5.41, 5.74) is 7.00. The summed E-state index contributed by atoms with van der Waals surface area (Å²) in [5, 5.41) is 4.63. The van der Waals surface area contributed by atoms with Gasteiger partial charge in [0.1, 0.15) is 0 Å². The van der Waals surface area contributed by atoms with Gasteiger partial charge in [-0.25, -0.2) is 9.98 Å². The number of aliphatic imine (C=N–C) groups is 1. The molecule has 122 valence electrons. The summed E-state index contributed by atoms with van der Waals surface area (Å²) in [6, 6.07) is 10.7. The van der Waals surface area contributed by atoms with Crippen molar-refractivity contribution in [3.63, 3.8) is 0 Å². The Balaban J connectivity index is 1.73. The molecule has 5 heteroatoms. The van der Waals surface area contributed by atoms with E-state index in [1.165, 1.54) is 21.5 Å². The number of aromatic nitrogens is 1. The standard InChI is InChI=1S/C19H20N4S/c1-11-7-12(2)9-15(8-11)22-19-20-10-14-5-6-16-18(17(14)23(19)4)24-13(3)21-16/h5-10,19,22H,1-4H3. The van der Waals surface area contributed by atoms with E-state index in [9.17, 15) is 0 Å². The van der Waals surface area contributed by atoms with Gasteiger partial charge < -0.3 is 10.2 Å². The van der Waals surface area contributed by atoms with Crippen LogP contribution >= 0.6 is 11.3 Å². The molecule has 4 rings (SSSR count). The molecule has 1 atom stereocenters. The number of anilines is 2. The van der Waals surface area contributed by atoms with Gasteiger partial charge in [0.2, 0.25) is 0 Å². The first kappa shape index (κ1) is 15.1. The maximum Gasteiger partial charge on any atom is 0.196 e. The third-order valence-corrected chi connectivity index (χ3v) is 5.25. The SMILES string of the molecule is Cc1cc(C)cc(NC2N=Cc3ccc4nc(C)sc4c3N2C)c1. The second kappa shape index (κ2) is 5.60. The van der Waals surface area contributed by atoms with E-state index >= 15 is 0 Å². The van der Waals surface area contributed by atoms with E-state index in [2.05, 4.69) is 73.4 Å². The summed E-state index contributed by atoms with van der Waals surface area (Å²) in [5.74, 6) is 0. The zero-order chi connectivity index (χ0) is 16.8. The molecule has 1 N–H and O–H groups in total. The van der Waals surface area contributed by atoms with E-state index in [0.717, 1.165) is 21.8 Å². The Hall–Kier alpha value is -2.40. The van der Waals surface area contributed by atoms with Crippen LogP contribution in [0.15, 0.2) is 35.3 Å². The highest BCUT2D eigenvalue weighted by molar-refractivity contribution is 7.19. The van der Waals surface area contributed by atoms with Crippen molar-refractivity contribution in [3.8, 4) is 0 Å². The van der Waals surface area contributed by atoms with E-state index in [0.29, 0.717) is 0 Å². The van der Waals surface area contributed by atoms with Crippen LogP contribution < -0.4 is 10.2 Å². The third-order valence-electron chi connectivity index (χ3n) is 4.26. The molecule has 2 aromatic carbocycles. The summed E-state index contributed by atoms with van der Waals surface area (Å²) < 4.78 is 1.23. The molecular formula is C19H20N4S. The fraction of sp³-hybridized carbons (Fsp3) is 0.263. The largest absolute Gasteiger partial charge is 0.347 e. The maximum atomic E-state index is 4.69. The predicted octanol–water partition coefficient (Wildman–Crippen LogP) is 4.49. The van der Waals surface area contributed by atoms with Crippen LogP contribution in [0.3, 0.4) is 0 Å². The molecule has 0 amide bonds. The minimum Gasteiger partial charge on any atom is -0.347 e. The number of benzene rings is 2. The van der Waals surface area contributed by atoms with E-state index in [-0.39, 0.29) is 6.29 Å². The summed E-state index contributed by atoms with van der Waals surface area (Å²) >= 11 is 1.74. The minimum absolute atomic E-state index is 0.119. The summed E-state index contributed by atoms with van der Waals surface area (Å²) in [6.45, 7) is 6.29. The van der Waals surface area contributed by atoms with Gasteiger partial charge in [-0.1, -0.05) is 6.07 Å². The van der Waals surface area contributed by atoms with Gasteiger partial charge in [-0.3, -0.25) is 0 Å². The second-order valence-electron chi connectivity index (χ2n) is 6.37. The molecule has 0 spiro atoms. The van der Waals surface area contributed by atoms with Crippen LogP contribution in [0.4, 0.5) is 11.4 Å². The Labute approximate surface area is 145 Å². The number of aryl methyl sites for hydroxylation is 3. The van der Waals surface area contributed by atoms with Gasteiger partial charge in [0.25, 0.3) is 0 Å². The number of fused-ring (bicyclic) bond motifs is 3. The molecule has 0 aliphatic carbocycles. The molecule has 0 radical (unpaired) electrons. The van der Waals surface area contributed by atoms with Crippen LogP contribution in [0.5, 0.6) is 0 Å². The first-order chi connectivity index (χ1) is 11.5. The Bertz CT molecular complexity index is 937. The fourth-order valence-corrected chi connectivity index (χ4v) is 4.30. The number of nitrogens with one attached hydrogen (secondary N) is 1. The molecule has 0 saturated carbocycles. The van der Waals surface area contributed by atoms with Crippen LogP contribution in [0.1, 0.15) is 21.7 Å². The molecule has 0 bridgehead atoms. The van der Waals surface area contributed by atoms with E-state index in [1.54, 1.807) is 11.3 Å². The van der Waals surface area contributed by atoms with Crippen LogP contribution in [-0.2, 0) is 0 Å². The van der Waals surface area contributed by atoms with Gasteiger partial charge in [0.15, 0.2) is 6.29 Å². The maximum absolute atomic E-state index is 4.69. The third kappa shape index (κ3) is 2.55. The molecule has 0 saturated heterocycles. The molecule has 1 aliphatic rings. The number of hydrogen-bond donors (Lipinski definition) is 1. The molecule has 4 nitrogen and oxygen atoms in total. The van der Waals surface area contributed by atoms with Crippen LogP contribution in [0, 0.1) is 20.8 Å². The lowest BCUT2D eigenvalue weighted by atomic mass is 10.1. The van der Waals surface area contributed by atoms with Crippen molar-refractivity contribution in [2.24, 2.45) is 4.99 Å². The molecule has 24 heavy (non-hydrogen) atoms. The molecule has 1 unspecified atom stereocenters. The molecule has 3 aromatic rings. The van der Waals surface area contributed by atoms with Gasteiger partial charge >= 0.3 is 0 Å². The molecule has 1 aromatic heterocycles. The molecule has 2 heterocycles. The van der Waals surface area contributed by atoms with Crippen LogP contribution in [0.25, 0.3) is 10.2 Å². The van der Waals surface area contributed by atoms with Gasteiger partial charge in [0.05, 0.1) is 20.9 Å². The number of thiazole rings is 1. The Kier molecular flexibility index (Phi) is 3.53. The number of nitrogens with zero attached hydrogens (tertiary/aromatic N) is 3. The highest BCUT2D eigenvalue weighted by atomic mass is 32.1. The first-order valence-corrected chi connectivity index (χ1v) is 8.84. The second-order valence-corrected chi connectivity index (χ2v) is 7.57. The highest BCUT2D eigenvalue weighted by Gasteiger charge is 2.23. The van der Waals surface area contributed by atoms with E-state index < -0.39 is 0 Å². The van der Waals surface area contributed by atoms with Crippen molar-refractivity contribution in [3.05, 3.63) is 52.0 Å². The number of hydrogen-bond acceptors (Lipinski definition) is 5. The molecular weight excluding hydrogens is 316 g/mol. The van der Waals surface area contributed by atoms with Crippen molar-refractivity contribution in [1.82, 2.24) is 4.98 Å². The lowest BCUT2D eigenvalue weighted by molar-refractivity contribution is 0.735. The zero-order valence-corrected chi connectivity index (χ0v) is 15.1. The Morgan fingerprint density at radius 2 is 1.83 bits per heavy atom. The minimum atomic E-state index is -0.119. The lowest BCUT2D eigenvalue weighted by Crippen LogP contribution is -2.39. The normalized spacial score (nSPS) is 16.5. The van der Waals surface area contributed by atoms with Crippen LogP contribution in [0.2, 0.25) is 0 Å². The van der Waals surface area contributed by atoms with Crippen molar-refractivity contribution >= 4 is 39.1 Å². The quantitative estimate of drug-likeness (QED) is 0.750. The zero-order valence-electron chi connectivity index (χ0n) is 14.3. The Morgan fingerprint density at radius 3 is 2.58 bits per heavy atom. The lowest BCUT2D eigenvalue weighted by Gasteiger charge is -2.32. The predicted molar refractivity (Wildman–Crippen MR) is 104 cm³/mol. The van der Waals surface area contributed by atoms with Crippen molar-refractivity contribution in [2.75, 3.05) is 17.3 Å². The summed E-state index contributed by atoms with van der Waals surface area (Å²) in [6.07, 6.45) is 1.84.